The van der Waals surface area contributed by atoms with Crippen molar-refractivity contribution in [2.24, 2.45) is 0 Å². The van der Waals surface area contributed by atoms with Crippen LogP contribution in [-0.2, 0) is 20.2 Å². The predicted octanol–water partition coefficient (Wildman–Crippen LogP) is 6.21. The number of rotatable bonds is 7. The maximum absolute atomic E-state index is 14.5. The van der Waals surface area contributed by atoms with Gasteiger partial charge in [-0.2, -0.15) is 4.72 Å². The molecule has 0 aliphatic heterocycles. The molecule has 4 aromatic rings. The number of hydrogen-bond acceptors (Lipinski definition) is 3. The van der Waals surface area contributed by atoms with E-state index in [1.807, 2.05) is 105 Å². The van der Waals surface area contributed by atoms with Gasteiger partial charge in [0, 0.05) is 5.57 Å². The number of aryl methyl sites for hydroxylation is 2. The highest BCUT2D eigenvalue weighted by Gasteiger charge is 2.48. The molecule has 1 aliphatic carbocycles. The van der Waals surface area contributed by atoms with Gasteiger partial charge in [0.2, 0.25) is 10.0 Å². The second-order valence-electron chi connectivity index (χ2n) is 9.61. The molecule has 0 aromatic heterocycles. The molecule has 0 saturated carbocycles. The van der Waals surface area contributed by atoms with Crippen LogP contribution in [0.3, 0.4) is 0 Å². The Hall–Kier alpha value is -3.80. The van der Waals surface area contributed by atoms with Crippen molar-refractivity contribution in [2.45, 2.75) is 36.6 Å². The highest BCUT2D eigenvalue weighted by atomic mass is 32.2. The SMILES string of the molecule is Cc1ccc([C@H](NS(=O)(=O)c2ccc(C)cc2)C2=CCC(c3ccccc3)(c3ccccc3)C2=O)cc1. The third-order valence-corrected chi connectivity index (χ3v) is 8.58. The smallest absolute Gasteiger partial charge is 0.241 e. The molecule has 0 amide bonds. The van der Waals surface area contributed by atoms with Gasteiger partial charge in [0.1, 0.15) is 0 Å². The van der Waals surface area contributed by atoms with Crippen molar-refractivity contribution < 1.29 is 13.2 Å². The number of nitrogens with one attached hydrogen (secondary N) is 1. The molecule has 0 unspecified atom stereocenters. The molecule has 1 atom stereocenters. The first-order valence-corrected chi connectivity index (χ1v) is 13.8. The number of Topliss-reactive ketones (excluding diaryl/α,β-unsaturated/α-hetero) is 1. The van der Waals surface area contributed by atoms with Crippen LogP contribution in [0, 0.1) is 13.8 Å². The van der Waals surface area contributed by atoms with Crippen molar-refractivity contribution >= 4 is 15.8 Å². The second-order valence-corrected chi connectivity index (χ2v) is 11.3. The molecule has 5 rings (SSSR count). The van der Waals surface area contributed by atoms with E-state index in [2.05, 4.69) is 4.72 Å². The molecular weight excluding hydrogens is 478 g/mol. The first-order valence-electron chi connectivity index (χ1n) is 12.3. The molecule has 0 heterocycles. The summed E-state index contributed by atoms with van der Waals surface area (Å²) in [5.74, 6) is -0.0953. The number of carbonyl (C=O) groups excluding carboxylic acids is 1. The number of allylic oxidation sites excluding steroid dienone is 1. The van der Waals surface area contributed by atoms with Gasteiger partial charge in [-0.1, -0.05) is 114 Å². The molecule has 4 nitrogen and oxygen atoms in total. The fraction of sp³-hybridized carbons (Fsp3) is 0.156. The Balaban J connectivity index is 1.61. The van der Waals surface area contributed by atoms with E-state index in [1.165, 1.54) is 0 Å². The average molecular weight is 508 g/mol. The minimum absolute atomic E-state index is 0.0953. The molecule has 0 fully saturated rings. The summed E-state index contributed by atoms with van der Waals surface area (Å²) in [5.41, 5.74) is 4.06. The number of carbonyl (C=O) groups is 1. The van der Waals surface area contributed by atoms with Gasteiger partial charge in [-0.25, -0.2) is 8.42 Å². The zero-order valence-corrected chi connectivity index (χ0v) is 21.7. The lowest BCUT2D eigenvalue weighted by molar-refractivity contribution is -0.119. The zero-order chi connectivity index (χ0) is 26.0. The molecule has 5 heteroatoms. The van der Waals surface area contributed by atoms with E-state index in [0.29, 0.717) is 12.0 Å². The topological polar surface area (TPSA) is 63.2 Å². The molecule has 1 N–H and O–H groups in total. The van der Waals surface area contributed by atoms with Crippen molar-refractivity contribution in [1.82, 2.24) is 4.72 Å². The Kier molecular flexibility index (Phi) is 6.67. The fourth-order valence-electron chi connectivity index (χ4n) is 5.06. The minimum Gasteiger partial charge on any atom is -0.293 e. The fourth-order valence-corrected chi connectivity index (χ4v) is 6.27. The van der Waals surface area contributed by atoms with Gasteiger partial charge in [-0.3, -0.25) is 4.79 Å². The van der Waals surface area contributed by atoms with Crippen LogP contribution >= 0.6 is 0 Å². The lowest BCUT2D eigenvalue weighted by Gasteiger charge is -2.31. The van der Waals surface area contributed by atoms with Gasteiger partial charge >= 0.3 is 0 Å². The number of ketones is 1. The van der Waals surface area contributed by atoms with Crippen molar-refractivity contribution in [3.05, 3.63) is 149 Å². The van der Waals surface area contributed by atoms with Gasteiger partial charge in [-0.15, -0.1) is 0 Å². The van der Waals surface area contributed by atoms with Gasteiger partial charge in [0.25, 0.3) is 0 Å². The second kappa shape index (κ2) is 9.92. The van der Waals surface area contributed by atoms with Crippen LogP contribution in [0.1, 0.15) is 40.3 Å². The van der Waals surface area contributed by atoms with Gasteiger partial charge in [-0.05, 0) is 49.1 Å². The van der Waals surface area contributed by atoms with Gasteiger partial charge in [0.05, 0.1) is 16.4 Å². The van der Waals surface area contributed by atoms with Crippen LogP contribution < -0.4 is 4.72 Å². The Morgan fingerprint density at radius 2 is 1.19 bits per heavy atom. The molecule has 1 aliphatic rings. The third kappa shape index (κ3) is 4.68. The van der Waals surface area contributed by atoms with Crippen LogP contribution in [0.4, 0.5) is 0 Å². The van der Waals surface area contributed by atoms with Crippen LogP contribution in [0.15, 0.2) is 126 Å². The summed E-state index contributed by atoms with van der Waals surface area (Å²) in [6, 6.07) is 33.0. The normalized spacial score (nSPS) is 15.8. The molecule has 4 aromatic carbocycles. The van der Waals surface area contributed by atoms with Crippen LogP contribution in [0.25, 0.3) is 0 Å². The number of benzene rings is 4. The lowest BCUT2D eigenvalue weighted by atomic mass is 9.70. The predicted molar refractivity (Wildman–Crippen MR) is 147 cm³/mol. The van der Waals surface area contributed by atoms with E-state index in [4.69, 9.17) is 0 Å². The lowest BCUT2D eigenvalue weighted by Crippen LogP contribution is -2.38. The van der Waals surface area contributed by atoms with E-state index in [-0.39, 0.29) is 10.7 Å². The van der Waals surface area contributed by atoms with Crippen molar-refractivity contribution in [3.63, 3.8) is 0 Å². The maximum atomic E-state index is 14.5. The van der Waals surface area contributed by atoms with E-state index >= 15 is 0 Å². The maximum Gasteiger partial charge on any atom is 0.241 e. The standard InChI is InChI=1S/C32H29NO3S/c1-23-13-17-25(18-14-23)30(33-37(35,36)28-19-15-24(2)16-20-28)29-21-22-32(31(29)34,26-9-5-3-6-10-26)27-11-7-4-8-12-27/h3-21,30,33H,22H2,1-2H3/t30-/m0/s1. The first kappa shape index (κ1) is 24.9. The molecule has 186 valence electrons. The van der Waals surface area contributed by atoms with E-state index < -0.39 is 21.5 Å². The molecule has 0 spiro atoms. The van der Waals surface area contributed by atoms with E-state index in [9.17, 15) is 13.2 Å². The van der Waals surface area contributed by atoms with Crippen molar-refractivity contribution in [2.75, 3.05) is 0 Å². The van der Waals surface area contributed by atoms with Gasteiger partial charge < -0.3 is 0 Å². The summed E-state index contributed by atoms with van der Waals surface area (Å²) < 4.78 is 29.9. The minimum atomic E-state index is -3.90. The summed E-state index contributed by atoms with van der Waals surface area (Å²) in [5, 5.41) is 0. The van der Waals surface area contributed by atoms with Gasteiger partial charge in [0.15, 0.2) is 5.78 Å². The molecular formula is C32H29NO3S. The zero-order valence-electron chi connectivity index (χ0n) is 20.9. The Labute approximate surface area is 218 Å². The van der Waals surface area contributed by atoms with Crippen LogP contribution in [0.5, 0.6) is 0 Å². The van der Waals surface area contributed by atoms with Crippen LogP contribution in [-0.4, -0.2) is 14.2 Å². The molecule has 0 radical (unpaired) electrons. The van der Waals surface area contributed by atoms with Crippen molar-refractivity contribution in [3.8, 4) is 0 Å². The highest BCUT2D eigenvalue weighted by molar-refractivity contribution is 7.89. The molecule has 0 saturated heterocycles. The monoisotopic (exact) mass is 507 g/mol. The van der Waals surface area contributed by atoms with E-state index in [1.54, 1.807) is 24.3 Å². The number of hydrogen-bond donors (Lipinski definition) is 1. The molecule has 0 bridgehead atoms. The largest absolute Gasteiger partial charge is 0.293 e. The summed E-state index contributed by atoms with van der Waals surface area (Å²) in [6.07, 6.45) is 2.36. The molecule has 37 heavy (non-hydrogen) atoms. The van der Waals surface area contributed by atoms with E-state index in [0.717, 1.165) is 27.8 Å². The summed E-state index contributed by atoms with van der Waals surface area (Å²) in [4.78, 5) is 14.6. The Morgan fingerprint density at radius 1 is 0.703 bits per heavy atom. The highest BCUT2D eigenvalue weighted by Crippen LogP contribution is 2.46. The average Bonchev–Trinajstić information content (AvgIpc) is 3.26. The third-order valence-electron chi connectivity index (χ3n) is 7.14. The summed E-state index contributed by atoms with van der Waals surface area (Å²) in [6.45, 7) is 3.89. The summed E-state index contributed by atoms with van der Waals surface area (Å²) >= 11 is 0. The Morgan fingerprint density at radius 3 is 1.70 bits per heavy atom. The van der Waals surface area contributed by atoms with Crippen molar-refractivity contribution in [1.29, 1.82) is 0 Å². The van der Waals surface area contributed by atoms with Crippen LogP contribution in [0.2, 0.25) is 0 Å². The Bertz CT molecular complexity index is 1500. The number of sulfonamides is 1. The quantitative estimate of drug-likeness (QED) is 0.324. The summed E-state index contributed by atoms with van der Waals surface area (Å²) in [7, 11) is -3.90. The first-order chi connectivity index (χ1) is 17.8.